The van der Waals surface area contributed by atoms with Crippen molar-refractivity contribution in [3.05, 3.63) is 78.0 Å². The van der Waals surface area contributed by atoms with Gasteiger partial charge in [0, 0.05) is 36.8 Å². The number of aromatic hydroxyl groups is 1. The summed E-state index contributed by atoms with van der Waals surface area (Å²) >= 11 is 0. The Morgan fingerprint density at radius 3 is 2.53 bits per heavy atom. The van der Waals surface area contributed by atoms with E-state index >= 15 is 0 Å². The summed E-state index contributed by atoms with van der Waals surface area (Å²) in [5.41, 5.74) is 4.65. The first-order valence-corrected chi connectivity index (χ1v) is 10.9. The highest BCUT2D eigenvalue weighted by atomic mass is 16.5. The Balaban J connectivity index is 1.50. The highest BCUT2D eigenvalue weighted by Crippen LogP contribution is 2.39. The summed E-state index contributed by atoms with van der Waals surface area (Å²) in [6.45, 7) is 4.82. The van der Waals surface area contributed by atoms with Crippen molar-refractivity contribution in [2.24, 2.45) is 0 Å². The molecule has 6 heteroatoms. The van der Waals surface area contributed by atoms with Crippen LogP contribution >= 0.6 is 0 Å². The van der Waals surface area contributed by atoms with Gasteiger partial charge in [-0.25, -0.2) is 0 Å². The van der Waals surface area contributed by atoms with E-state index in [9.17, 15) is 5.11 Å². The normalized spacial score (nSPS) is 14.7. The number of aromatic nitrogens is 2. The van der Waals surface area contributed by atoms with Gasteiger partial charge in [0.05, 0.1) is 43.6 Å². The summed E-state index contributed by atoms with van der Waals surface area (Å²) in [5, 5.41) is 12.3. The van der Waals surface area contributed by atoms with Gasteiger partial charge in [-0.1, -0.05) is 42.5 Å². The number of fused-ring (bicyclic) bond motifs is 1. The number of hydrogen-bond acceptors (Lipinski definition) is 5. The molecule has 0 bridgehead atoms. The van der Waals surface area contributed by atoms with Gasteiger partial charge >= 0.3 is 0 Å². The molecule has 3 heterocycles. The average molecular weight is 430 g/mol. The van der Waals surface area contributed by atoms with E-state index in [-0.39, 0.29) is 5.88 Å². The molecule has 5 rings (SSSR count). The molecule has 0 unspecified atom stereocenters. The Bertz CT molecular complexity index is 1210. The minimum atomic E-state index is 0.213. The van der Waals surface area contributed by atoms with Crippen LogP contribution in [0.2, 0.25) is 0 Å². The predicted molar refractivity (Wildman–Crippen MR) is 125 cm³/mol. The number of methoxy groups -OCH3 is 1. The van der Waals surface area contributed by atoms with Gasteiger partial charge < -0.3 is 19.1 Å². The third-order valence-electron chi connectivity index (χ3n) is 6.06. The van der Waals surface area contributed by atoms with Crippen LogP contribution in [0, 0.1) is 0 Å². The number of morpholine rings is 1. The number of ether oxygens (including phenoxy) is 2. The van der Waals surface area contributed by atoms with E-state index in [1.54, 1.807) is 7.11 Å². The molecular weight excluding hydrogens is 402 g/mol. The molecule has 164 valence electrons. The molecule has 4 aromatic rings. The summed E-state index contributed by atoms with van der Waals surface area (Å²) in [4.78, 5) is 7.10. The molecule has 2 aromatic heterocycles. The molecule has 0 aliphatic carbocycles. The number of nitrogens with zero attached hydrogens (tertiary/aromatic N) is 3. The van der Waals surface area contributed by atoms with Crippen LogP contribution in [0.3, 0.4) is 0 Å². The molecule has 0 atom stereocenters. The first-order chi connectivity index (χ1) is 15.7. The van der Waals surface area contributed by atoms with Crippen molar-refractivity contribution in [2.45, 2.75) is 13.1 Å². The first-order valence-electron chi connectivity index (χ1n) is 10.9. The van der Waals surface area contributed by atoms with Crippen LogP contribution in [-0.2, 0) is 17.8 Å². The topological polar surface area (TPSA) is 59.8 Å². The smallest absolute Gasteiger partial charge is 0.202 e. The van der Waals surface area contributed by atoms with E-state index in [1.165, 1.54) is 0 Å². The zero-order valence-corrected chi connectivity index (χ0v) is 18.2. The monoisotopic (exact) mass is 429 g/mol. The number of pyridine rings is 1. The van der Waals surface area contributed by atoms with Crippen LogP contribution < -0.4 is 4.74 Å². The molecule has 1 aliphatic rings. The second kappa shape index (κ2) is 9.02. The maximum atomic E-state index is 11.3. The number of benzene rings is 2. The van der Waals surface area contributed by atoms with E-state index in [0.717, 1.165) is 71.9 Å². The molecule has 1 aliphatic heterocycles. The first kappa shape index (κ1) is 20.5. The Kier molecular flexibility index (Phi) is 5.79. The Morgan fingerprint density at radius 1 is 0.969 bits per heavy atom. The molecule has 1 fully saturated rings. The molecule has 6 nitrogen and oxygen atoms in total. The van der Waals surface area contributed by atoms with Crippen molar-refractivity contribution < 1.29 is 14.6 Å². The van der Waals surface area contributed by atoms with Crippen molar-refractivity contribution in [3.63, 3.8) is 0 Å². The highest BCUT2D eigenvalue weighted by molar-refractivity contribution is 5.98. The molecule has 0 saturated carbocycles. The zero-order chi connectivity index (χ0) is 21.9. The minimum Gasteiger partial charge on any atom is -0.496 e. The molecule has 2 aromatic carbocycles. The second-order valence-electron chi connectivity index (χ2n) is 8.05. The largest absolute Gasteiger partial charge is 0.496 e. The fraction of sp³-hybridized carbons (Fsp3) is 0.269. The van der Waals surface area contributed by atoms with Gasteiger partial charge in [0.1, 0.15) is 5.75 Å². The summed E-state index contributed by atoms with van der Waals surface area (Å²) in [5.74, 6) is 1.02. The Hall–Kier alpha value is -3.35. The lowest BCUT2D eigenvalue weighted by Gasteiger charge is -2.26. The van der Waals surface area contributed by atoms with E-state index in [4.69, 9.17) is 14.5 Å². The Labute approximate surface area is 187 Å². The number of para-hydroxylation sites is 2. The maximum absolute atomic E-state index is 11.3. The minimum absolute atomic E-state index is 0.213. The maximum Gasteiger partial charge on any atom is 0.202 e. The van der Waals surface area contributed by atoms with Crippen molar-refractivity contribution >= 4 is 10.9 Å². The van der Waals surface area contributed by atoms with Crippen LogP contribution in [0.4, 0.5) is 0 Å². The fourth-order valence-corrected chi connectivity index (χ4v) is 4.39. The van der Waals surface area contributed by atoms with Crippen LogP contribution in [0.1, 0.15) is 11.1 Å². The van der Waals surface area contributed by atoms with Crippen LogP contribution in [-0.4, -0.2) is 53.0 Å². The van der Waals surface area contributed by atoms with E-state index in [1.807, 2.05) is 65.4 Å². The lowest BCUT2D eigenvalue weighted by atomic mass is 10.1. The molecule has 1 saturated heterocycles. The van der Waals surface area contributed by atoms with Crippen LogP contribution in [0.5, 0.6) is 11.6 Å². The van der Waals surface area contributed by atoms with E-state index < -0.39 is 0 Å². The zero-order valence-electron chi connectivity index (χ0n) is 18.2. The van der Waals surface area contributed by atoms with Crippen molar-refractivity contribution in [3.8, 4) is 22.9 Å². The third-order valence-corrected chi connectivity index (χ3v) is 6.06. The quantitative estimate of drug-likeness (QED) is 0.495. The van der Waals surface area contributed by atoms with Crippen molar-refractivity contribution in [1.82, 2.24) is 14.5 Å². The molecule has 32 heavy (non-hydrogen) atoms. The van der Waals surface area contributed by atoms with Crippen LogP contribution in [0.15, 0.2) is 66.9 Å². The van der Waals surface area contributed by atoms with Gasteiger partial charge in [0.25, 0.3) is 0 Å². The lowest BCUT2D eigenvalue weighted by Crippen LogP contribution is -2.35. The molecule has 0 amide bonds. The molecule has 0 radical (unpaired) electrons. The standard InChI is InChI=1S/C26H27N3O3/c1-31-24-9-5-2-6-20(24)18-29-23-8-4-3-7-21(23)25(26(29)30)22-11-10-19(16-27-22)17-28-12-14-32-15-13-28/h2-11,16,30H,12-15,17-18H2,1H3. The highest BCUT2D eigenvalue weighted by Gasteiger charge is 2.20. The summed E-state index contributed by atoms with van der Waals surface area (Å²) in [6.07, 6.45) is 1.91. The SMILES string of the molecule is COc1ccccc1Cn1c(O)c(-c2ccc(CN3CCOCC3)cn2)c2ccccc21. The molecular formula is C26H27N3O3. The summed E-state index contributed by atoms with van der Waals surface area (Å²) in [7, 11) is 1.67. The molecule has 1 N–H and O–H groups in total. The van der Waals surface area contributed by atoms with Gasteiger partial charge in [-0.2, -0.15) is 0 Å². The van der Waals surface area contributed by atoms with Gasteiger partial charge in [0.2, 0.25) is 5.88 Å². The molecule has 0 spiro atoms. The van der Waals surface area contributed by atoms with Crippen LogP contribution in [0.25, 0.3) is 22.2 Å². The second-order valence-corrected chi connectivity index (χ2v) is 8.05. The third kappa shape index (κ3) is 3.95. The predicted octanol–water partition coefficient (Wildman–Crippen LogP) is 4.30. The van der Waals surface area contributed by atoms with Gasteiger partial charge in [0.15, 0.2) is 0 Å². The van der Waals surface area contributed by atoms with Gasteiger partial charge in [-0.05, 0) is 23.8 Å². The number of rotatable bonds is 6. The van der Waals surface area contributed by atoms with E-state index in [0.29, 0.717) is 6.54 Å². The Morgan fingerprint density at radius 2 is 1.75 bits per heavy atom. The van der Waals surface area contributed by atoms with Crippen molar-refractivity contribution in [2.75, 3.05) is 33.4 Å². The van der Waals surface area contributed by atoms with Gasteiger partial charge in [-0.15, -0.1) is 0 Å². The average Bonchev–Trinajstić information content (AvgIpc) is 3.12. The van der Waals surface area contributed by atoms with E-state index in [2.05, 4.69) is 11.0 Å². The van der Waals surface area contributed by atoms with Crippen molar-refractivity contribution in [1.29, 1.82) is 0 Å². The van der Waals surface area contributed by atoms with Gasteiger partial charge in [-0.3, -0.25) is 9.88 Å². The number of hydrogen-bond donors (Lipinski definition) is 1. The summed E-state index contributed by atoms with van der Waals surface area (Å²) < 4.78 is 12.9. The fourth-order valence-electron chi connectivity index (χ4n) is 4.39. The lowest BCUT2D eigenvalue weighted by molar-refractivity contribution is 0.0341. The summed E-state index contributed by atoms with van der Waals surface area (Å²) in [6, 6.07) is 20.0.